The topological polar surface area (TPSA) is 61.4 Å². The Morgan fingerprint density at radius 1 is 0.304 bits per heavy atom. The van der Waals surface area contributed by atoms with E-state index < -0.39 is 0 Å². The minimum absolute atomic E-state index is 0.616. The minimum Gasteiger partial charge on any atom is -0.309 e. The molecule has 0 aliphatic rings. The molecule has 262 valence electrons. The van der Waals surface area contributed by atoms with Crippen LogP contribution in [0, 0.1) is 0 Å². The third kappa shape index (κ3) is 5.27. The number of hydrogen-bond donors (Lipinski definition) is 0. The van der Waals surface area contributed by atoms with Crippen LogP contribution in [0.3, 0.4) is 0 Å². The highest BCUT2D eigenvalue weighted by molar-refractivity contribution is 6.12. The second-order valence-corrected chi connectivity index (χ2v) is 13.9. The Morgan fingerprint density at radius 3 is 1.50 bits per heavy atom. The summed E-state index contributed by atoms with van der Waals surface area (Å²) in [6.07, 6.45) is 1.88. The number of hydrogen-bond acceptors (Lipinski definition) is 4. The number of para-hydroxylation sites is 2. The van der Waals surface area contributed by atoms with E-state index in [0.717, 1.165) is 61.1 Å². The Balaban J connectivity index is 1.05. The van der Waals surface area contributed by atoms with Gasteiger partial charge in [0.15, 0.2) is 17.5 Å². The van der Waals surface area contributed by atoms with Crippen molar-refractivity contribution in [3.05, 3.63) is 194 Å². The van der Waals surface area contributed by atoms with Crippen molar-refractivity contribution in [2.75, 3.05) is 0 Å². The molecule has 0 aliphatic heterocycles. The van der Waals surface area contributed by atoms with E-state index in [2.05, 4.69) is 130 Å². The Kier molecular flexibility index (Phi) is 7.38. The van der Waals surface area contributed by atoms with E-state index in [9.17, 15) is 0 Å². The van der Waals surface area contributed by atoms with Crippen molar-refractivity contribution in [1.29, 1.82) is 0 Å². The fourth-order valence-electron chi connectivity index (χ4n) is 8.02. The lowest BCUT2D eigenvalue weighted by Crippen LogP contribution is -2.01. The zero-order chi connectivity index (χ0) is 37.0. The molecule has 0 saturated heterocycles. The van der Waals surface area contributed by atoms with Gasteiger partial charge in [-0.3, -0.25) is 4.98 Å². The number of benzene rings is 7. The molecule has 4 aromatic heterocycles. The van der Waals surface area contributed by atoms with Crippen LogP contribution in [0.2, 0.25) is 0 Å². The molecule has 56 heavy (non-hydrogen) atoms. The van der Waals surface area contributed by atoms with Crippen LogP contribution in [-0.2, 0) is 0 Å². The van der Waals surface area contributed by atoms with Crippen molar-refractivity contribution in [1.82, 2.24) is 29.1 Å². The van der Waals surface area contributed by atoms with E-state index in [0.29, 0.717) is 17.5 Å². The van der Waals surface area contributed by atoms with E-state index in [1.807, 2.05) is 72.9 Å². The predicted molar refractivity (Wildman–Crippen MR) is 228 cm³/mol. The van der Waals surface area contributed by atoms with Crippen molar-refractivity contribution in [2.45, 2.75) is 0 Å². The lowest BCUT2D eigenvalue weighted by Gasteiger charge is -2.12. The fraction of sp³-hybridized carbons (Fsp3) is 0. The van der Waals surface area contributed by atoms with Crippen LogP contribution in [0.25, 0.3) is 100 Å². The van der Waals surface area contributed by atoms with Gasteiger partial charge in [-0.25, -0.2) is 15.0 Å². The highest BCUT2D eigenvalue weighted by Gasteiger charge is 2.18. The summed E-state index contributed by atoms with van der Waals surface area (Å²) in [5.74, 6) is 1.89. The summed E-state index contributed by atoms with van der Waals surface area (Å²) in [4.78, 5) is 19.8. The van der Waals surface area contributed by atoms with Gasteiger partial charge in [0.1, 0.15) is 0 Å². The molecule has 0 fully saturated rings. The van der Waals surface area contributed by atoms with Crippen LogP contribution in [0.15, 0.2) is 194 Å². The maximum atomic E-state index is 5.01. The van der Waals surface area contributed by atoms with Crippen LogP contribution in [-0.4, -0.2) is 29.1 Å². The molecule has 0 saturated carbocycles. The van der Waals surface area contributed by atoms with Gasteiger partial charge in [-0.15, -0.1) is 0 Å². The molecule has 0 radical (unpaired) electrons. The molecular formula is C50H32N6. The van der Waals surface area contributed by atoms with Crippen molar-refractivity contribution in [3.63, 3.8) is 0 Å². The summed E-state index contributed by atoms with van der Waals surface area (Å²) < 4.78 is 4.64. The average molecular weight is 717 g/mol. The zero-order valence-corrected chi connectivity index (χ0v) is 30.2. The summed E-state index contributed by atoms with van der Waals surface area (Å²) in [7, 11) is 0. The molecule has 6 heteroatoms. The Hall–Kier alpha value is -7.70. The van der Waals surface area contributed by atoms with Crippen LogP contribution in [0.1, 0.15) is 0 Å². The number of nitrogens with zero attached hydrogens (tertiary/aromatic N) is 6. The highest BCUT2D eigenvalue weighted by atomic mass is 15.0. The van der Waals surface area contributed by atoms with Crippen LogP contribution >= 0.6 is 0 Å². The average Bonchev–Trinajstić information content (AvgIpc) is 3.79. The first kappa shape index (κ1) is 31.8. The van der Waals surface area contributed by atoms with Gasteiger partial charge in [-0.05, 0) is 77.9 Å². The fourth-order valence-corrected chi connectivity index (χ4v) is 8.02. The molecular weight excluding hydrogens is 685 g/mol. The molecule has 0 unspecified atom stereocenters. The molecule has 0 N–H and O–H groups in total. The van der Waals surface area contributed by atoms with Crippen molar-refractivity contribution in [3.8, 4) is 56.7 Å². The largest absolute Gasteiger partial charge is 0.309 e. The maximum absolute atomic E-state index is 5.01. The van der Waals surface area contributed by atoms with E-state index in [-0.39, 0.29) is 0 Å². The highest BCUT2D eigenvalue weighted by Crippen LogP contribution is 2.38. The molecule has 0 spiro atoms. The quantitative estimate of drug-likeness (QED) is 0.172. The summed E-state index contributed by atoms with van der Waals surface area (Å²) >= 11 is 0. The van der Waals surface area contributed by atoms with Gasteiger partial charge in [-0.1, -0.05) is 121 Å². The summed E-state index contributed by atoms with van der Waals surface area (Å²) in [5, 5.41) is 3.55. The predicted octanol–water partition coefficient (Wildman–Crippen LogP) is 12.1. The van der Waals surface area contributed by atoms with E-state index >= 15 is 0 Å². The van der Waals surface area contributed by atoms with Crippen LogP contribution in [0.5, 0.6) is 0 Å². The lowest BCUT2D eigenvalue weighted by atomic mass is 10.0. The van der Waals surface area contributed by atoms with Gasteiger partial charge in [0, 0.05) is 50.4 Å². The molecule has 4 heterocycles. The zero-order valence-electron chi connectivity index (χ0n) is 30.2. The molecule has 0 amide bonds. The first-order valence-electron chi connectivity index (χ1n) is 18.7. The minimum atomic E-state index is 0.616. The number of pyridine rings is 1. The second-order valence-electron chi connectivity index (χ2n) is 13.9. The lowest BCUT2D eigenvalue weighted by molar-refractivity contribution is 1.07. The number of aromatic nitrogens is 6. The standard InChI is InChI=1S/C50H32N6/c1-4-14-33(15-5-1)48-52-49(34-16-6-2-7-17-34)54-50(53-48)37-18-12-21-39(30-37)56-45-28-26-36(32-42(45)47-46(56)24-13-29-51-47)35-25-27-44-41(31-35)40-22-10-11-23-43(40)55(44)38-19-8-3-9-20-38/h1-32H. The molecule has 0 atom stereocenters. The first-order chi connectivity index (χ1) is 27.8. The van der Waals surface area contributed by atoms with Gasteiger partial charge in [0.25, 0.3) is 0 Å². The van der Waals surface area contributed by atoms with Gasteiger partial charge in [-0.2, -0.15) is 0 Å². The van der Waals surface area contributed by atoms with Crippen molar-refractivity contribution >= 4 is 43.7 Å². The molecule has 11 aromatic rings. The molecule has 0 aliphatic carbocycles. The third-order valence-corrected chi connectivity index (χ3v) is 10.6. The van der Waals surface area contributed by atoms with Gasteiger partial charge >= 0.3 is 0 Å². The maximum Gasteiger partial charge on any atom is 0.164 e. The van der Waals surface area contributed by atoms with E-state index in [1.54, 1.807) is 0 Å². The molecule has 7 aromatic carbocycles. The molecule has 0 bridgehead atoms. The van der Waals surface area contributed by atoms with Gasteiger partial charge < -0.3 is 9.13 Å². The van der Waals surface area contributed by atoms with E-state index in [1.165, 1.54) is 21.8 Å². The monoisotopic (exact) mass is 716 g/mol. The summed E-state index contributed by atoms with van der Waals surface area (Å²) in [5.41, 5.74) is 12.7. The Bertz CT molecular complexity index is 3180. The third-order valence-electron chi connectivity index (χ3n) is 10.6. The molecule has 6 nitrogen and oxygen atoms in total. The van der Waals surface area contributed by atoms with E-state index in [4.69, 9.17) is 19.9 Å². The van der Waals surface area contributed by atoms with Crippen molar-refractivity contribution in [2.24, 2.45) is 0 Å². The summed E-state index contributed by atoms with van der Waals surface area (Å²) in [6.45, 7) is 0. The normalized spacial score (nSPS) is 11.6. The second kappa shape index (κ2) is 13.0. The molecule has 11 rings (SSSR count). The van der Waals surface area contributed by atoms with Gasteiger partial charge in [0.05, 0.1) is 27.6 Å². The van der Waals surface area contributed by atoms with Crippen LogP contribution in [0.4, 0.5) is 0 Å². The van der Waals surface area contributed by atoms with Crippen molar-refractivity contribution < 1.29 is 0 Å². The smallest absolute Gasteiger partial charge is 0.164 e. The van der Waals surface area contributed by atoms with Crippen LogP contribution < -0.4 is 0 Å². The Morgan fingerprint density at radius 2 is 0.804 bits per heavy atom. The first-order valence-corrected chi connectivity index (χ1v) is 18.7. The number of fused-ring (bicyclic) bond motifs is 6. The SMILES string of the molecule is c1ccc(-c2nc(-c3ccccc3)nc(-c3cccc(-n4c5ccc(-c6ccc7c(c6)c6ccccc6n7-c6ccccc6)cc5c5ncccc54)c3)n2)cc1. The Labute approximate surface area is 322 Å². The van der Waals surface area contributed by atoms with Gasteiger partial charge in [0.2, 0.25) is 0 Å². The summed E-state index contributed by atoms with van der Waals surface area (Å²) in [6, 6.07) is 65.5. The number of rotatable bonds is 6.